The van der Waals surface area contributed by atoms with E-state index in [1.807, 2.05) is 0 Å². The van der Waals surface area contributed by atoms with Crippen molar-refractivity contribution >= 4 is 17.9 Å². The van der Waals surface area contributed by atoms with E-state index >= 15 is 0 Å². The lowest BCUT2D eigenvalue weighted by molar-refractivity contribution is -0.143. The number of methoxy groups -OCH3 is 2. The molecule has 8 nitrogen and oxygen atoms in total. The smallest absolute Gasteiger partial charge is 0.416 e. The van der Waals surface area contributed by atoms with E-state index in [0.29, 0.717) is 17.7 Å². The van der Waals surface area contributed by atoms with E-state index in [0.717, 1.165) is 4.90 Å². The number of hydrogen-bond acceptors (Lipinski definition) is 6. The van der Waals surface area contributed by atoms with Gasteiger partial charge in [0.05, 0.1) is 49.8 Å². The number of halogens is 6. The van der Waals surface area contributed by atoms with Crippen LogP contribution in [-0.2, 0) is 28.4 Å². The van der Waals surface area contributed by atoms with Crippen molar-refractivity contribution in [2.45, 2.75) is 71.2 Å². The Hall–Kier alpha value is -3.84. The Kier molecular flexibility index (Phi) is 9.78. The average molecular weight is 607 g/mol. The fourth-order valence-corrected chi connectivity index (χ4v) is 4.80. The van der Waals surface area contributed by atoms with Crippen LogP contribution in [0, 0.1) is 0 Å². The van der Waals surface area contributed by atoms with Crippen LogP contribution < -0.4 is 14.4 Å². The van der Waals surface area contributed by atoms with Crippen molar-refractivity contribution < 1.29 is 54.9 Å². The molecule has 1 heterocycles. The zero-order valence-electron chi connectivity index (χ0n) is 23.9. The fraction of sp³-hybridized carbons (Fsp3) is 0.500. The predicted molar refractivity (Wildman–Crippen MR) is 139 cm³/mol. The fourth-order valence-electron chi connectivity index (χ4n) is 4.80. The van der Waals surface area contributed by atoms with Crippen LogP contribution >= 0.6 is 0 Å². The van der Waals surface area contributed by atoms with Crippen molar-refractivity contribution in [2.75, 3.05) is 25.7 Å². The van der Waals surface area contributed by atoms with E-state index in [4.69, 9.17) is 18.9 Å². The van der Waals surface area contributed by atoms with Crippen LogP contribution in [0.15, 0.2) is 30.3 Å². The highest BCUT2D eigenvalue weighted by atomic mass is 19.4. The number of nitrogens with zero attached hydrogens (tertiary/aromatic N) is 2. The molecule has 0 radical (unpaired) electrons. The van der Waals surface area contributed by atoms with Crippen molar-refractivity contribution in [3.8, 4) is 11.5 Å². The zero-order valence-corrected chi connectivity index (χ0v) is 23.9. The standard InChI is InChI=1S/C28H32F6N2O6/c1-7-41-26(38)36-16(4)8-21(20-12-23(39-5)24(40-6)13-22(20)36)35(25(37)42-15(2)3)14-17-9-18(27(29,30)31)11-19(10-17)28(32,33)34/h9-13,15-16,21H,7-8,14H2,1-6H3/t16-,21+/m1/s1. The zero-order chi connectivity index (χ0) is 31.6. The molecule has 0 fully saturated rings. The summed E-state index contributed by atoms with van der Waals surface area (Å²) in [5.41, 5.74) is -2.86. The molecule has 1 aliphatic rings. The van der Waals surface area contributed by atoms with E-state index in [9.17, 15) is 35.9 Å². The molecule has 0 bridgehead atoms. The highest BCUT2D eigenvalue weighted by Gasteiger charge is 2.42. The van der Waals surface area contributed by atoms with Crippen LogP contribution in [0.5, 0.6) is 11.5 Å². The largest absolute Gasteiger partial charge is 0.493 e. The minimum atomic E-state index is -5.07. The van der Waals surface area contributed by atoms with Gasteiger partial charge in [0.15, 0.2) is 11.5 Å². The molecule has 232 valence electrons. The molecular weight excluding hydrogens is 574 g/mol. The summed E-state index contributed by atoms with van der Waals surface area (Å²) >= 11 is 0. The van der Waals surface area contributed by atoms with Gasteiger partial charge in [-0.1, -0.05) is 0 Å². The van der Waals surface area contributed by atoms with Crippen LogP contribution in [0.4, 0.5) is 41.6 Å². The average Bonchev–Trinajstić information content (AvgIpc) is 2.89. The molecule has 2 aromatic carbocycles. The lowest BCUT2D eigenvalue weighted by atomic mass is 9.90. The number of carbonyl (C=O) groups excluding carboxylic acids is 2. The first-order valence-electron chi connectivity index (χ1n) is 13.0. The number of amides is 2. The Labute approximate surface area is 239 Å². The number of carbonyl (C=O) groups is 2. The number of ether oxygens (including phenoxy) is 4. The van der Waals surface area contributed by atoms with Gasteiger partial charge in [-0.05, 0) is 63.9 Å². The van der Waals surface area contributed by atoms with Gasteiger partial charge in [0.1, 0.15) is 0 Å². The van der Waals surface area contributed by atoms with Crippen LogP contribution in [0.25, 0.3) is 0 Å². The first kappa shape index (κ1) is 32.7. The summed E-state index contributed by atoms with van der Waals surface area (Å²) in [6, 6.07) is 2.56. The first-order valence-corrected chi connectivity index (χ1v) is 13.0. The summed E-state index contributed by atoms with van der Waals surface area (Å²) < 4.78 is 103. The maximum Gasteiger partial charge on any atom is 0.416 e. The van der Waals surface area contributed by atoms with Gasteiger partial charge in [0.25, 0.3) is 0 Å². The number of benzene rings is 2. The predicted octanol–water partition coefficient (Wildman–Crippen LogP) is 7.58. The third kappa shape index (κ3) is 7.13. The topological polar surface area (TPSA) is 77.5 Å². The summed E-state index contributed by atoms with van der Waals surface area (Å²) in [7, 11) is 2.74. The summed E-state index contributed by atoms with van der Waals surface area (Å²) in [5.74, 6) is 0.456. The second-order valence-corrected chi connectivity index (χ2v) is 9.91. The molecule has 0 aliphatic carbocycles. The molecule has 0 spiro atoms. The molecule has 0 N–H and O–H groups in total. The van der Waals surface area contributed by atoms with E-state index in [2.05, 4.69) is 0 Å². The Bertz CT molecular complexity index is 1260. The molecule has 0 aromatic heterocycles. The van der Waals surface area contributed by atoms with Crippen LogP contribution in [0.2, 0.25) is 0 Å². The summed E-state index contributed by atoms with van der Waals surface area (Å²) in [5, 5.41) is 0. The molecular formula is C28H32F6N2O6. The van der Waals surface area contributed by atoms with Crippen LogP contribution in [-0.4, -0.2) is 50.1 Å². The molecule has 1 aliphatic heterocycles. The highest BCUT2D eigenvalue weighted by Crippen LogP contribution is 2.47. The molecule has 0 saturated carbocycles. The second-order valence-electron chi connectivity index (χ2n) is 9.91. The summed E-state index contributed by atoms with van der Waals surface area (Å²) in [6.07, 6.45) is -12.4. The van der Waals surface area contributed by atoms with Crippen molar-refractivity contribution in [3.63, 3.8) is 0 Å². The van der Waals surface area contributed by atoms with Crippen molar-refractivity contribution in [1.82, 2.24) is 4.90 Å². The van der Waals surface area contributed by atoms with E-state index in [1.165, 1.54) is 31.3 Å². The van der Waals surface area contributed by atoms with E-state index < -0.39 is 66.0 Å². The monoisotopic (exact) mass is 606 g/mol. The summed E-state index contributed by atoms with van der Waals surface area (Å²) in [6.45, 7) is 5.80. The van der Waals surface area contributed by atoms with Gasteiger partial charge < -0.3 is 18.9 Å². The minimum Gasteiger partial charge on any atom is -0.493 e. The van der Waals surface area contributed by atoms with Crippen molar-refractivity contribution in [1.29, 1.82) is 0 Å². The third-order valence-electron chi connectivity index (χ3n) is 6.57. The third-order valence-corrected chi connectivity index (χ3v) is 6.57. The minimum absolute atomic E-state index is 0.0205. The van der Waals surface area contributed by atoms with Gasteiger partial charge >= 0.3 is 24.5 Å². The number of rotatable bonds is 7. The van der Waals surface area contributed by atoms with Gasteiger partial charge in [-0.25, -0.2) is 9.59 Å². The molecule has 2 atom stereocenters. The number of anilines is 1. The van der Waals surface area contributed by atoms with E-state index in [-0.39, 0.29) is 36.3 Å². The molecule has 2 amide bonds. The molecule has 0 unspecified atom stereocenters. The Morgan fingerprint density at radius 1 is 0.952 bits per heavy atom. The molecule has 0 saturated heterocycles. The van der Waals surface area contributed by atoms with Gasteiger partial charge in [0, 0.05) is 24.2 Å². The lowest BCUT2D eigenvalue weighted by Gasteiger charge is -2.43. The molecule has 3 rings (SSSR count). The Morgan fingerprint density at radius 2 is 1.50 bits per heavy atom. The van der Waals surface area contributed by atoms with Gasteiger partial charge in [-0.2, -0.15) is 26.3 Å². The lowest BCUT2D eigenvalue weighted by Crippen LogP contribution is -2.48. The number of fused-ring (bicyclic) bond motifs is 1. The van der Waals surface area contributed by atoms with Gasteiger partial charge in [-0.15, -0.1) is 0 Å². The van der Waals surface area contributed by atoms with Gasteiger partial charge in [0.2, 0.25) is 0 Å². The van der Waals surface area contributed by atoms with Crippen molar-refractivity contribution in [3.05, 3.63) is 52.6 Å². The number of alkyl halides is 6. The normalized spacial score (nSPS) is 17.0. The Morgan fingerprint density at radius 3 is 1.98 bits per heavy atom. The SMILES string of the molecule is CCOC(=O)N1c2cc(OC)c(OC)cc2[C@@H](N(Cc2cc(C(F)(F)F)cc(C(F)(F)F)c2)C(=O)OC(C)C)C[C@H]1C. The maximum atomic E-state index is 13.6. The molecule has 42 heavy (non-hydrogen) atoms. The summed E-state index contributed by atoms with van der Waals surface area (Å²) in [4.78, 5) is 28.8. The number of hydrogen-bond donors (Lipinski definition) is 0. The molecule has 14 heteroatoms. The maximum absolute atomic E-state index is 13.6. The highest BCUT2D eigenvalue weighted by molar-refractivity contribution is 5.91. The van der Waals surface area contributed by atoms with E-state index in [1.54, 1.807) is 27.7 Å². The van der Waals surface area contributed by atoms with Gasteiger partial charge in [-0.3, -0.25) is 9.80 Å². The first-order chi connectivity index (χ1) is 19.5. The van der Waals surface area contributed by atoms with Crippen LogP contribution in [0.3, 0.4) is 0 Å². The second kappa shape index (κ2) is 12.6. The van der Waals surface area contributed by atoms with Crippen molar-refractivity contribution in [2.24, 2.45) is 0 Å². The quantitative estimate of drug-likeness (QED) is 0.303. The van der Waals surface area contributed by atoms with Crippen LogP contribution in [0.1, 0.15) is 62.4 Å². The molecule has 2 aromatic rings. The Balaban J connectivity index is 2.24.